The summed E-state index contributed by atoms with van der Waals surface area (Å²) in [7, 11) is 0. The Kier molecular flexibility index (Phi) is 5.17. The highest BCUT2D eigenvalue weighted by molar-refractivity contribution is 7.09. The summed E-state index contributed by atoms with van der Waals surface area (Å²) in [6.45, 7) is 2.66. The number of likely N-dealkylation sites (tertiary alicyclic amines) is 1. The minimum atomic E-state index is -0.868. The maximum atomic E-state index is 12.3. The number of nitrogens with zero attached hydrogens (tertiary/aromatic N) is 1. The highest BCUT2D eigenvalue weighted by atomic mass is 32.1. The van der Waals surface area contributed by atoms with Crippen molar-refractivity contribution in [3.05, 3.63) is 22.4 Å². The van der Waals surface area contributed by atoms with Gasteiger partial charge in [-0.1, -0.05) is 19.4 Å². The Bertz CT molecular complexity index is 458. The molecule has 1 aromatic rings. The molecule has 0 aliphatic carbocycles. The van der Waals surface area contributed by atoms with Crippen LogP contribution in [0.1, 0.15) is 37.5 Å². The van der Waals surface area contributed by atoms with Crippen LogP contribution in [0.3, 0.4) is 0 Å². The molecule has 1 saturated heterocycles. The van der Waals surface area contributed by atoms with Crippen molar-refractivity contribution in [3.8, 4) is 0 Å². The number of carbonyl (C=O) groups is 2. The molecule has 5 heteroatoms. The van der Waals surface area contributed by atoms with Crippen LogP contribution >= 0.6 is 11.3 Å². The number of carboxylic acid groups (broad SMARTS) is 1. The highest BCUT2D eigenvalue weighted by Gasteiger charge is 2.35. The van der Waals surface area contributed by atoms with Crippen LogP contribution in [-0.4, -0.2) is 34.5 Å². The molecule has 0 spiro atoms. The zero-order chi connectivity index (χ0) is 14.5. The van der Waals surface area contributed by atoms with Gasteiger partial charge >= 0.3 is 5.97 Å². The summed E-state index contributed by atoms with van der Waals surface area (Å²) >= 11 is 1.64. The van der Waals surface area contributed by atoms with Crippen molar-refractivity contribution in [2.24, 2.45) is 5.92 Å². The molecule has 1 amide bonds. The molecule has 1 aromatic heterocycles. The molecule has 1 N–H and O–H groups in total. The molecule has 110 valence electrons. The number of rotatable bonds is 5. The van der Waals surface area contributed by atoms with Gasteiger partial charge in [-0.25, -0.2) is 4.79 Å². The second-order valence-electron chi connectivity index (χ2n) is 5.32. The van der Waals surface area contributed by atoms with Crippen molar-refractivity contribution >= 4 is 23.2 Å². The summed E-state index contributed by atoms with van der Waals surface area (Å²) in [5.41, 5.74) is 0. The number of hydrogen-bond acceptors (Lipinski definition) is 3. The fourth-order valence-corrected chi connectivity index (χ4v) is 3.48. The number of aryl methyl sites for hydroxylation is 1. The quantitative estimate of drug-likeness (QED) is 0.908. The monoisotopic (exact) mass is 295 g/mol. The highest BCUT2D eigenvalue weighted by Crippen LogP contribution is 2.26. The summed E-state index contributed by atoms with van der Waals surface area (Å²) < 4.78 is 0. The van der Waals surface area contributed by atoms with Crippen LogP contribution in [0.5, 0.6) is 0 Å². The van der Waals surface area contributed by atoms with Gasteiger partial charge in [0.2, 0.25) is 5.91 Å². The second-order valence-corrected chi connectivity index (χ2v) is 6.35. The Morgan fingerprint density at radius 1 is 1.50 bits per heavy atom. The molecule has 2 heterocycles. The zero-order valence-corrected chi connectivity index (χ0v) is 12.6. The molecule has 0 bridgehead atoms. The van der Waals surface area contributed by atoms with Gasteiger partial charge in [0.25, 0.3) is 0 Å². The normalized spacial score (nSPS) is 22.8. The minimum absolute atomic E-state index is 0.0275. The van der Waals surface area contributed by atoms with Crippen molar-refractivity contribution in [3.63, 3.8) is 0 Å². The van der Waals surface area contributed by atoms with Gasteiger partial charge in [0, 0.05) is 17.8 Å². The summed E-state index contributed by atoms with van der Waals surface area (Å²) in [6, 6.07) is 3.34. The van der Waals surface area contributed by atoms with E-state index >= 15 is 0 Å². The molecule has 0 aromatic carbocycles. The third kappa shape index (κ3) is 3.60. The predicted octanol–water partition coefficient (Wildman–Crippen LogP) is 2.78. The first-order valence-electron chi connectivity index (χ1n) is 7.16. The minimum Gasteiger partial charge on any atom is -0.480 e. The van der Waals surface area contributed by atoms with Crippen LogP contribution in [0.15, 0.2) is 17.5 Å². The standard InChI is InChI=1S/C15H21NO3S/c1-2-11-7-8-16(13(10-11)15(18)19)14(17)6-5-12-4-3-9-20-12/h3-4,9,11,13H,2,5-8,10H2,1H3,(H,18,19). The average Bonchev–Trinajstić information content (AvgIpc) is 2.97. The molecule has 2 rings (SSSR count). The fourth-order valence-electron chi connectivity index (χ4n) is 2.77. The molecule has 1 aliphatic heterocycles. The number of thiophene rings is 1. The van der Waals surface area contributed by atoms with Crippen molar-refractivity contribution in [2.45, 2.75) is 45.1 Å². The fraction of sp³-hybridized carbons (Fsp3) is 0.600. The molecular formula is C15H21NO3S. The average molecular weight is 295 g/mol. The lowest BCUT2D eigenvalue weighted by molar-refractivity contribution is -0.153. The molecular weight excluding hydrogens is 274 g/mol. The lowest BCUT2D eigenvalue weighted by Gasteiger charge is -2.37. The first kappa shape index (κ1) is 15.0. The molecule has 4 nitrogen and oxygen atoms in total. The van der Waals surface area contributed by atoms with E-state index in [1.807, 2.05) is 17.5 Å². The lowest BCUT2D eigenvalue weighted by atomic mass is 9.88. The second kappa shape index (κ2) is 6.88. The van der Waals surface area contributed by atoms with Crippen LogP contribution in [0.4, 0.5) is 0 Å². The number of amides is 1. The zero-order valence-electron chi connectivity index (χ0n) is 11.7. The molecule has 1 fully saturated rings. The Hall–Kier alpha value is -1.36. The van der Waals surface area contributed by atoms with Crippen molar-refractivity contribution in [1.29, 1.82) is 0 Å². The van der Waals surface area contributed by atoms with Gasteiger partial charge in [-0.15, -0.1) is 11.3 Å². The van der Waals surface area contributed by atoms with Gasteiger partial charge in [0.1, 0.15) is 6.04 Å². The van der Waals surface area contributed by atoms with Crippen molar-refractivity contribution in [2.75, 3.05) is 6.54 Å². The van der Waals surface area contributed by atoms with Crippen LogP contribution in [0.2, 0.25) is 0 Å². The largest absolute Gasteiger partial charge is 0.480 e. The van der Waals surface area contributed by atoms with Crippen LogP contribution in [0, 0.1) is 5.92 Å². The van der Waals surface area contributed by atoms with Crippen LogP contribution in [0.25, 0.3) is 0 Å². The number of hydrogen-bond donors (Lipinski definition) is 1. The predicted molar refractivity (Wildman–Crippen MR) is 78.8 cm³/mol. The third-order valence-electron chi connectivity index (χ3n) is 4.06. The molecule has 20 heavy (non-hydrogen) atoms. The third-order valence-corrected chi connectivity index (χ3v) is 5.00. The van der Waals surface area contributed by atoms with Gasteiger partial charge < -0.3 is 10.0 Å². The smallest absolute Gasteiger partial charge is 0.326 e. The van der Waals surface area contributed by atoms with Crippen LogP contribution < -0.4 is 0 Å². The summed E-state index contributed by atoms with van der Waals surface area (Å²) in [6.07, 6.45) is 3.61. The molecule has 2 atom stereocenters. The van der Waals surface area contributed by atoms with Gasteiger partial charge in [0.15, 0.2) is 0 Å². The van der Waals surface area contributed by atoms with Gasteiger partial charge in [-0.05, 0) is 36.6 Å². The number of carbonyl (C=O) groups excluding carboxylic acids is 1. The summed E-state index contributed by atoms with van der Waals surface area (Å²) in [5.74, 6) is -0.467. The summed E-state index contributed by atoms with van der Waals surface area (Å²) in [4.78, 5) is 26.4. The Morgan fingerprint density at radius 2 is 2.30 bits per heavy atom. The number of piperidine rings is 1. The maximum absolute atomic E-state index is 12.3. The topological polar surface area (TPSA) is 57.6 Å². The lowest BCUT2D eigenvalue weighted by Crippen LogP contribution is -2.50. The Labute approximate surface area is 123 Å². The van der Waals surface area contributed by atoms with E-state index in [2.05, 4.69) is 6.92 Å². The molecule has 1 aliphatic rings. The van der Waals surface area contributed by atoms with E-state index in [0.717, 1.165) is 12.8 Å². The Morgan fingerprint density at radius 3 is 2.90 bits per heavy atom. The van der Waals surface area contributed by atoms with E-state index in [9.17, 15) is 14.7 Å². The van der Waals surface area contributed by atoms with Crippen LogP contribution in [-0.2, 0) is 16.0 Å². The van der Waals surface area contributed by atoms with Gasteiger partial charge in [0.05, 0.1) is 0 Å². The first-order valence-corrected chi connectivity index (χ1v) is 8.04. The maximum Gasteiger partial charge on any atom is 0.326 e. The van der Waals surface area contributed by atoms with E-state index in [-0.39, 0.29) is 5.91 Å². The van der Waals surface area contributed by atoms with Crippen molar-refractivity contribution < 1.29 is 14.7 Å². The van der Waals surface area contributed by atoms with E-state index in [1.54, 1.807) is 16.2 Å². The number of aliphatic carboxylic acids is 1. The number of carboxylic acids is 1. The summed E-state index contributed by atoms with van der Waals surface area (Å²) in [5, 5.41) is 11.3. The van der Waals surface area contributed by atoms with E-state index in [0.29, 0.717) is 31.7 Å². The molecule has 0 saturated carbocycles. The van der Waals surface area contributed by atoms with Crippen molar-refractivity contribution in [1.82, 2.24) is 4.90 Å². The Balaban J connectivity index is 1.94. The molecule has 2 unspecified atom stereocenters. The van der Waals surface area contributed by atoms with E-state index in [1.165, 1.54) is 4.88 Å². The SMILES string of the molecule is CCC1CCN(C(=O)CCc2cccs2)C(C(=O)O)C1. The van der Waals surface area contributed by atoms with E-state index < -0.39 is 12.0 Å². The van der Waals surface area contributed by atoms with Gasteiger partial charge in [-0.3, -0.25) is 4.79 Å². The molecule has 0 radical (unpaired) electrons. The first-order chi connectivity index (χ1) is 9.61. The van der Waals surface area contributed by atoms with E-state index in [4.69, 9.17) is 0 Å². The van der Waals surface area contributed by atoms with Gasteiger partial charge in [-0.2, -0.15) is 0 Å².